The van der Waals surface area contributed by atoms with Crippen molar-refractivity contribution in [1.82, 2.24) is 10.6 Å². The number of amides is 1. The molecule has 0 spiro atoms. The van der Waals surface area contributed by atoms with Crippen molar-refractivity contribution < 1.29 is 9.18 Å². The summed E-state index contributed by atoms with van der Waals surface area (Å²) in [6.45, 7) is 1.63. The minimum absolute atomic E-state index is 0.140. The predicted molar refractivity (Wildman–Crippen MR) is 81.9 cm³/mol. The minimum atomic E-state index is -0.295. The molecule has 3 nitrogen and oxygen atoms in total. The fraction of sp³-hybridized carbons (Fsp3) is 0.353. The third kappa shape index (κ3) is 3.05. The van der Waals surface area contributed by atoms with E-state index in [-0.39, 0.29) is 11.7 Å². The molecule has 1 aliphatic rings. The minimum Gasteiger partial charge on any atom is -0.350 e. The number of nitrogens with one attached hydrogen (secondary N) is 2. The van der Waals surface area contributed by atoms with Crippen LogP contribution < -0.4 is 10.6 Å². The molecule has 1 unspecified atom stereocenters. The Morgan fingerprint density at radius 1 is 1.19 bits per heavy atom. The lowest BCUT2D eigenvalue weighted by Gasteiger charge is -2.23. The largest absolute Gasteiger partial charge is 0.350 e. The number of halogens is 1. The zero-order valence-corrected chi connectivity index (χ0v) is 11.9. The van der Waals surface area contributed by atoms with Gasteiger partial charge in [0.25, 0.3) is 5.91 Å². The van der Waals surface area contributed by atoms with Gasteiger partial charge in [0.2, 0.25) is 0 Å². The van der Waals surface area contributed by atoms with Gasteiger partial charge in [-0.15, -0.1) is 0 Å². The monoisotopic (exact) mass is 286 g/mol. The maximum Gasteiger partial charge on any atom is 0.251 e. The molecule has 1 fully saturated rings. The lowest BCUT2D eigenvalue weighted by Crippen LogP contribution is -2.43. The van der Waals surface area contributed by atoms with Gasteiger partial charge in [-0.1, -0.05) is 30.7 Å². The highest BCUT2D eigenvalue weighted by Crippen LogP contribution is 2.21. The number of hydrogen-bond acceptors (Lipinski definition) is 2. The predicted octanol–water partition coefficient (Wildman–Crippen LogP) is 2.85. The molecule has 0 radical (unpaired) electrons. The molecule has 4 heteroatoms. The molecule has 0 aliphatic carbocycles. The fourth-order valence-corrected chi connectivity index (χ4v) is 2.87. The number of rotatable bonds is 3. The van der Waals surface area contributed by atoms with Crippen LogP contribution in [0.4, 0.5) is 4.39 Å². The van der Waals surface area contributed by atoms with Crippen LogP contribution in [0.3, 0.4) is 0 Å². The van der Waals surface area contributed by atoms with E-state index in [1.165, 1.54) is 18.9 Å². The topological polar surface area (TPSA) is 41.1 Å². The third-order valence-electron chi connectivity index (χ3n) is 4.04. The second-order valence-corrected chi connectivity index (χ2v) is 5.50. The van der Waals surface area contributed by atoms with E-state index in [2.05, 4.69) is 10.6 Å². The van der Waals surface area contributed by atoms with Crippen LogP contribution in [0.1, 0.15) is 29.6 Å². The molecule has 2 aromatic rings. The van der Waals surface area contributed by atoms with Crippen LogP contribution in [-0.4, -0.2) is 25.0 Å². The van der Waals surface area contributed by atoms with Gasteiger partial charge in [0.05, 0.1) is 0 Å². The molecule has 1 aliphatic heterocycles. The van der Waals surface area contributed by atoms with Crippen LogP contribution in [0.15, 0.2) is 36.4 Å². The summed E-state index contributed by atoms with van der Waals surface area (Å²) in [6.07, 6.45) is 3.49. The van der Waals surface area contributed by atoms with E-state index < -0.39 is 0 Å². The van der Waals surface area contributed by atoms with Crippen LogP contribution in [-0.2, 0) is 0 Å². The van der Waals surface area contributed by atoms with E-state index >= 15 is 0 Å². The summed E-state index contributed by atoms with van der Waals surface area (Å²) in [5, 5.41) is 7.50. The summed E-state index contributed by atoms with van der Waals surface area (Å²) >= 11 is 0. The van der Waals surface area contributed by atoms with Crippen molar-refractivity contribution >= 4 is 16.7 Å². The Morgan fingerprint density at radius 3 is 2.76 bits per heavy atom. The molecular weight excluding hydrogens is 267 g/mol. The molecular formula is C17H19FN2O. The first-order valence-corrected chi connectivity index (χ1v) is 7.44. The van der Waals surface area contributed by atoms with Crippen LogP contribution in [0.2, 0.25) is 0 Å². The Morgan fingerprint density at radius 2 is 2.00 bits per heavy atom. The Balaban J connectivity index is 1.77. The molecule has 0 aromatic heterocycles. The molecule has 1 heterocycles. The summed E-state index contributed by atoms with van der Waals surface area (Å²) in [5.74, 6) is -0.435. The van der Waals surface area contributed by atoms with Crippen LogP contribution >= 0.6 is 0 Å². The zero-order valence-electron chi connectivity index (χ0n) is 11.9. The Bertz CT molecular complexity index is 650. The second kappa shape index (κ2) is 6.22. The van der Waals surface area contributed by atoms with Gasteiger partial charge in [-0.3, -0.25) is 4.79 Å². The average molecular weight is 286 g/mol. The summed E-state index contributed by atoms with van der Waals surface area (Å²) in [4.78, 5) is 12.4. The fourth-order valence-electron chi connectivity index (χ4n) is 2.87. The van der Waals surface area contributed by atoms with Crippen LogP contribution in [0.5, 0.6) is 0 Å². The molecule has 0 bridgehead atoms. The highest BCUT2D eigenvalue weighted by Gasteiger charge is 2.16. The van der Waals surface area contributed by atoms with Crippen molar-refractivity contribution in [2.75, 3.05) is 13.1 Å². The van der Waals surface area contributed by atoms with Crippen LogP contribution in [0.25, 0.3) is 10.8 Å². The quantitative estimate of drug-likeness (QED) is 0.911. The van der Waals surface area contributed by atoms with Crippen molar-refractivity contribution in [1.29, 1.82) is 0 Å². The summed E-state index contributed by atoms with van der Waals surface area (Å²) in [5.41, 5.74) is 0.530. The van der Waals surface area contributed by atoms with E-state index in [4.69, 9.17) is 0 Å². The highest BCUT2D eigenvalue weighted by molar-refractivity contribution is 6.07. The van der Waals surface area contributed by atoms with E-state index in [0.29, 0.717) is 28.9 Å². The summed E-state index contributed by atoms with van der Waals surface area (Å²) in [6, 6.07) is 10.3. The van der Waals surface area contributed by atoms with Gasteiger partial charge in [-0.2, -0.15) is 0 Å². The normalized spacial score (nSPS) is 18.6. The molecule has 2 aromatic carbocycles. The Labute approximate surface area is 123 Å². The van der Waals surface area contributed by atoms with E-state index in [1.54, 1.807) is 24.3 Å². The van der Waals surface area contributed by atoms with Gasteiger partial charge in [-0.25, -0.2) is 4.39 Å². The van der Waals surface area contributed by atoms with Crippen molar-refractivity contribution in [3.8, 4) is 0 Å². The first-order chi connectivity index (χ1) is 10.3. The lowest BCUT2D eigenvalue weighted by molar-refractivity contribution is 0.0949. The zero-order chi connectivity index (χ0) is 14.7. The van der Waals surface area contributed by atoms with Gasteiger partial charge in [0, 0.05) is 23.5 Å². The summed E-state index contributed by atoms with van der Waals surface area (Å²) in [7, 11) is 0. The molecule has 1 saturated heterocycles. The SMILES string of the molecule is O=C(NCC1CCCCN1)c1ccc(F)c2ccccc12. The van der Waals surface area contributed by atoms with E-state index in [0.717, 1.165) is 13.0 Å². The standard InChI is InChI=1S/C17H19FN2O/c18-16-9-8-15(13-6-1-2-7-14(13)16)17(21)20-11-12-5-3-4-10-19-12/h1-2,6-9,12,19H,3-5,10-11H2,(H,20,21). The maximum atomic E-state index is 13.8. The molecule has 2 N–H and O–H groups in total. The molecule has 1 amide bonds. The number of piperidine rings is 1. The van der Waals surface area contributed by atoms with Gasteiger partial charge in [0.1, 0.15) is 5.82 Å². The molecule has 3 rings (SSSR count). The summed E-state index contributed by atoms with van der Waals surface area (Å²) < 4.78 is 13.8. The van der Waals surface area contributed by atoms with Gasteiger partial charge in [0.15, 0.2) is 0 Å². The smallest absolute Gasteiger partial charge is 0.251 e. The van der Waals surface area contributed by atoms with Crippen molar-refractivity contribution in [3.63, 3.8) is 0 Å². The lowest BCUT2D eigenvalue weighted by atomic mass is 10.0. The van der Waals surface area contributed by atoms with Crippen LogP contribution in [0, 0.1) is 5.82 Å². The van der Waals surface area contributed by atoms with Crippen molar-refractivity contribution in [3.05, 3.63) is 47.8 Å². The number of carbonyl (C=O) groups excluding carboxylic acids is 1. The molecule has 21 heavy (non-hydrogen) atoms. The molecule has 1 atom stereocenters. The molecule has 0 saturated carbocycles. The van der Waals surface area contributed by atoms with Crippen molar-refractivity contribution in [2.45, 2.75) is 25.3 Å². The first-order valence-electron chi connectivity index (χ1n) is 7.44. The van der Waals surface area contributed by atoms with Gasteiger partial charge in [-0.05, 0) is 36.9 Å². The Kier molecular flexibility index (Phi) is 4.15. The highest BCUT2D eigenvalue weighted by atomic mass is 19.1. The average Bonchev–Trinajstić information content (AvgIpc) is 2.54. The first kappa shape index (κ1) is 14.0. The number of benzene rings is 2. The number of carbonyl (C=O) groups is 1. The number of hydrogen-bond donors (Lipinski definition) is 2. The molecule has 110 valence electrons. The second-order valence-electron chi connectivity index (χ2n) is 5.50. The maximum absolute atomic E-state index is 13.8. The number of fused-ring (bicyclic) bond motifs is 1. The van der Waals surface area contributed by atoms with E-state index in [1.807, 2.05) is 6.07 Å². The van der Waals surface area contributed by atoms with E-state index in [9.17, 15) is 9.18 Å². The van der Waals surface area contributed by atoms with Gasteiger partial charge >= 0.3 is 0 Å². The Hall–Kier alpha value is -1.94. The van der Waals surface area contributed by atoms with Gasteiger partial charge < -0.3 is 10.6 Å². The third-order valence-corrected chi connectivity index (χ3v) is 4.04. The van der Waals surface area contributed by atoms with Crippen molar-refractivity contribution in [2.24, 2.45) is 0 Å².